The van der Waals surface area contributed by atoms with Crippen LogP contribution in [0.3, 0.4) is 0 Å². The number of aromatic amines is 1. The van der Waals surface area contributed by atoms with Crippen LogP contribution in [0, 0.1) is 0 Å². The van der Waals surface area contributed by atoms with Crippen molar-refractivity contribution in [3.63, 3.8) is 0 Å². The number of alkyl halides is 3. The van der Waals surface area contributed by atoms with Crippen molar-refractivity contribution in [2.75, 3.05) is 6.54 Å². The van der Waals surface area contributed by atoms with E-state index in [-0.39, 0.29) is 17.6 Å². The van der Waals surface area contributed by atoms with Gasteiger partial charge in [-0.3, -0.25) is 15.3 Å². The average molecular weight is 355 g/mol. The molecule has 1 amide bonds. The molecule has 1 aliphatic heterocycles. The Labute approximate surface area is 138 Å². The van der Waals surface area contributed by atoms with E-state index in [2.05, 4.69) is 20.9 Å². The molecule has 1 unspecified atom stereocenters. The molecule has 2 aromatic rings. The normalized spacial score (nSPS) is 17.3. The van der Waals surface area contributed by atoms with E-state index in [9.17, 15) is 18.0 Å². The number of H-pyrrole nitrogens is 1. The number of nitrogens with one attached hydrogen (secondary N) is 3. The highest BCUT2D eigenvalue weighted by Gasteiger charge is 2.33. The first-order valence-electron chi connectivity index (χ1n) is 6.88. The number of amides is 1. The Hall–Kier alpha value is -2.49. The number of hydrogen-bond acceptors (Lipinski definition) is 5. The molecular formula is C14H12F3N5OS. The molecule has 0 radical (unpaired) electrons. The Kier molecular flexibility index (Phi) is 4.47. The minimum Gasteiger partial charge on any atom is -0.344 e. The van der Waals surface area contributed by atoms with Gasteiger partial charge >= 0.3 is 6.18 Å². The molecule has 0 aliphatic carbocycles. The lowest BCUT2D eigenvalue weighted by molar-refractivity contribution is -0.141. The lowest BCUT2D eigenvalue weighted by Crippen LogP contribution is -2.28. The molecule has 3 N–H and O–H groups in total. The summed E-state index contributed by atoms with van der Waals surface area (Å²) in [6.45, 7) is 0.105. The highest BCUT2D eigenvalue weighted by atomic mass is 32.2. The van der Waals surface area contributed by atoms with Crippen LogP contribution in [0.25, 0.3) is 0 Å². The number of hydrazone groups is 1. The van der Waals surface area contributed by atoms with Gasteiger partial charge in [-0.25, -0.2) is 0 Å². The zero-order chi connectivity index (χ0) is 17.2. The lowest BCUT2D eigenvalue weighted by atomic mass is 10.2. The summed E-state index contributed by atoms with van der Waals surface area (Å²) in [4.78, 5) is 11.8. The van der Waals surface area contributed by atoms with Crippen LogP contribution < -0.4 is 10.7 Å². The van der Waals surface area contributed by atoms with E-state index in [4.69, 9.17) is 0 Å². The highest BCUT2D eigenvalue weighted by Crippen LogP contribution is 2.31. The summed E-state index contributed by atoms with van der Waals surface area (Å²) in [6, 6.07) is 10.3. The fourth-order valence-corrected chi connectivity index (χ4v) is 2.93. The van der Waals surface area contributed by atoms with E-state index in [1.54, 1.807) is 5.10 Å². The predicted octanol–water partition coefficient (Wildman–Crippen LogP) is 2.51. The number of thioether (sulfide) groups is 1. The topological polar surface area (TPSA) is 82.2 Å². The third kappa shape index (κ3) is 3.70. The van der Waals surface area contributed by atoms with E-state index in [1.807, 2.05) is 30.3 Å². The molecule has 1 aliphatic rings. The third-order valence-electron chi connectivity index (χ3n) is 3.18. The maximum Gasteiger partial charge on any atom is 0.432 e. The molecule has 0 saturated carbocycles. The van der Waals surface area contributed by atoms with Gasteiger partial charge in [0.25, 0.3) is 5.91 Å². The molecule has 1 atom stereocenters. The number of aromatic nitrogens is 2. The molecule has 0 fully saturated rings. The maximum atomic E-state index is 12.5. The van der Waals surface area contributed by atoms with E-state index >= 15 is 0 Å². The fourth-order valence-electron chi connectivity index (χ4n) is 2.00. The SMILES string of the molecule is O=C(NCC1=NNC(c2ccccc2)S1)c1cc(C(F)(F)F)[nH]n1. The molecule has 2 heterocycles. The van der Waals surface area contributed by atoms with Gasteiger partial charge in [-0.1, -0.05) is 42.1 Å². The number of carbonyl (C=O) groups is 1. The average Bonchev–Trinajstić information content (AvgIpc) is 3.22. The lowest BCUT2D eigenvalue weighted by Gasteiger charge is -2.08. The van der Waals surface area contributed by atoms with Gasteiger partial charge in [-0.2, -0.15) is 23.4 Å². The van der Waals surface area contributed by atoms with Crippen LogP contribution in [-0.2, 0) is 6.18 Å². The quantitative estimate of drug-likeness (QED) is 0.787. The van der Waals surface area contributed by atoms with Crippen molar-refractivity contribution in [1.82, 2.24) is 20.9 Å². The molecule has 126 valence electrons. The van der Waals surface area contributed by atoms with Crippen molar-refractivity contribution in [3.8, 4) is 0 Å². The Bertz CT molecular complexity index is 759. The number of nitrogens with zero attached hydrogens (tertiary/aromatic N) is 2. The molecule has 6 nitrogen and oxygen atoms in total. The second-order valence-electron chi connectivity index (χ2n) is 4.89. The van der Waals surface area contributed by atoms with Crippen LogP contribution in [0.1, 0.15) is 27.1 Å². The van der Waals surface area contributed by atoms with Crippen molar-refractivity contribution < 1.29 is 18.0 Å². The number of carbonyl (C=O) groups excluding carboxylic acids is 1. The summed E-state index contributed by atoms with van der Waals surface area (Å²) < 4.78 is 37.4. The Morgan fingerprint density at radius 1 is 1.29 bits per heavy atom. The van der Waals surface area contributed by atoms with Crippen LogP contribution in [0.15, 0.2) is 41.5 Å². The zero-order valence-corrected chi connectivity index (χ0v) is 12.9. The Morgan fingerprint density at radius 2 is 2.04 bits per heavy atom. The molecule has 3 rings (SSSR count). The first kappa shape index (κ1) is 16.4. The second kappa shape index (κ2) is 6.56. The predicted molar refractivity (Wildman–Crippen MR) is 83.3 cm³/mol. The first-order valence-corrected chi connectivity index (χ1v) is 7.76. The van der Waals surface area contributed by atoms with Crippen LogP contribution in [-0.4, -0.2) is 27.7 Å². The van der Waals surface area contributed by atoms with Crippen LogP contribution in [0.2, 0.25) is 0 Å². The summed E-state index contributed by atoms with van der Waals surface area (Å²) in [5, 5.41) is 12.4. The van der Waals surface area contributed by atoms with Crippen molar-refractivity contribution in [2.24, 2.45) is 5.10 Å². The third-order valence-corrected chi connectivity index (χ3v) is 4.30. The Morgan fingerprint density at radius 3 is 2.71 bits per heavy atom. The minimum absolute atomic E-state index is 0.0553. The molecule has 24 heavy (non-hydrogen) atoms. The minimum atomic E-state index is -4.57. The van der Waals surface area contributed by atoms with Gasteiger partial charge in [0.05, 0.1) is 6.54 Å². The summed E-state index contributed by atoms with van der Waals surface area (Å²) in [5.41, 5.74) is 2.59. The van der Waals surface area contributed by atoms with Crippen molar-refractivity contribution in [2.45, 2.75) is 11.6 Å². The number of hydrogen-bond donors (Lipinski definition) is 3. The number of rotatable bonds is 4. The van der Waals surface area contributed by atoms with Crippen molar-refractivity contribution in [1.29, 1.82) is 0 Å². The largest absolute Gasteiger partial charge is 0.432 e. The molecule has 1 aromatic carbocycles. The summed E-state index contributed by atoms with van der Waals surface area (Å²) >= 11 is 1.43. The van der Waals surface area contributed by atoms with Gasteiger partial charge in [0.15, 0.2) is 5.69 Å². The molecule has 0 saturated heterocycles. The van der Waals surface area contributed by atoms with E-state index in [0.717, 1.165) is 5.56 Å². The van der Waals surface area contributed by atoms with Gasteiger partial charge in [0.1, 0.15) is 16.1 Å². The zero-order valence-electron chi connectivity index (χ0n) is 12.1. The highest BCUT2D eigenvalue weighted by molar-refractivity contribution is 8.14. The Balaban J connectivity index is 1.53. The molecule has 10 heteroatoms. The fraction of sp³-hybridized carbons (Fsp3) is 0.214. The number of halogens is 3. The van der Waals surface area contributed by atoms with Gasteiger partial charge in [-0.05, 0) is 5.56 Å². The summed E-state index contributed by atoms with van der Waals surface area (Å²) in [5.74, 6) is -0.701. The van der Waals surface area contributed by atoms with Crippen LogP contribution >= 0.6 is 11.8 Å². The van der Waals surface area contributed by atoms with Gasteiger partial charge in [0, 0.05) is 6.07 Å². The van der Waals surface area contributed by atoms with Gasteiger partial charge in [-0.15, -0.1) is 0 Å². The maximum absolute atomic E-state index is 12.5. The van der Waals surface area contributed by atoms with E-state index < -0.39 is 17.8 Å². The van der Waals surface area contributed by atoms with Gasteiger partial charge in [0.2, 0.25) is 0 Å². The van der Waals surface area contributed by atoms with Crippen LogP contribution in [0.5, 0.6) is 0 Å². The monoisotopic (exact) mass is 355 g/mol. The smallest absolute Gasteiger partial charge is 0.344 e. The molecule has 0 bridgehead atoms. The first-order chi connectivity index (χ1) is 11.4. The number of benzene rings is 1. The summed E-state index contributed by atoms with van der Waals surface area (Å²) in [7, 11) is 0. The molecule has 0 spiro atoms. The molecule has 1 aromatic heterocycles. The standard InChI is InChI=1S/C14H12F3N5OS/c15-14(16,17)10-6-9(19-20-10)12(23)18-7-11-21-22-13(24-11)8-4-2-1-3-5-8/h1-6,13,22H,7H2,(H,18,23)(H,19,20). The van der Waals surface area contributed by atoms with Crippen molar-refractivity contribution in [3.05, 3.63) is 53.3 Å². The van der Waals surface area contributed by atoms with E-state index in [1.165, 1.54) is 11.8 Å². The van der Waals surface area contributed by atoms with Gasteiger partial charge < -0.3 is 5.32 Å². The van der Waals surface area contributed by atoms with E-state index in [0.29, 0.717) is 11.1 Å². The van der Waals surface area contributed by atoms with Crippen LogP contribution in [0.4, 0.5) is 13.2 Å². The summed E-state index contributed by atoms with van der Waals surface area (Å²) in [6.07, 6.45) is -4.57. The second-order valence-corrected chi connectivity index (χ2v) is 6.07. The molecular weight excluding hydrogens is 343 g/mol. The van der Waals surface area contributed by atoms with Crippen molar-refractivity contribution >= 4 is 22.7 Å².